The molecule has 0 saturated carbocycles. The van der Waals surface area contributed by atoms with Gasteiger partial charge in [-0.2, -0.15) is 0 Å². The summed E-state index contributed by atoms with van der Waals surface area (Å²) in [5.41, 5.74) is 0.428. The molecule has 0 aliphatic heterocycles. The molecular formula is C10H12BrClN2O2. The van der Waals surface area contributed by atoms with Gasteiger partial charge in [-0.15, -0.1) is 0 Å². The van der Waals surface area contributed by atoms with Crippen molar-refractivity contribution in [2.24, 2.45) is 0 Å². The Morgan fingerprint density at radius 3 is 3.06 bits per heavy atom. The minimum Gasteiger partial charge on any atom is -0.379 e. The zero-order valence-corrected chi connectivity index (χ0v) is 10.9. The summed E-state index contributed by atoms with van der Waals surface area (Å²) in [5.74, 6) is -0.213. The maximum Gasteiger partial charge on any atom is 0.252 e. The lowest BCUT2D eigenvalue weighted by molar-refractivity contribution is 0.0924. The van der Waals surface area contributed by atoms with Gasteiger partial charge < -0.3 is 10.1 Å². The predicted molar refractivity (Wildman–Crippen MR) is 66.2 cm³/mol. The van der Waals surface area contributed by atoms with Crippen LogP contribution in [0.3, 0.4) is 0 Å². The van der Waals surface area contributed by atoms with Crippen LogP contribution in [0.5, 0.6) is 0 Å². The number of nitrogens with one attached hydrogen (secondary N) is 1. The van der Waals surface area contributed by atoms with Gasteiger partial charge >= 0.3 is 0 Å². The number of alkyl halides is 1. The number of pyridine rings is 1. The maximum absolute atomic E-state index is 11.6. The number of ether oxygens (including phenoxy) is 1. The van der Waals surface area contributed by atoms with E-state index in [1.165, 1.54) is 12.4 Å². The van der Waals surface area contributed by atoms with Crippen LogP contribution in [0.1, 0.15) is 10.4 Å². The van der Waals surface area contributed by atoms with E-state index in [-0.39, 0.29) is 5.91 Å². The second-order valence-corrected chi connectivity index (χ2v) is 4.11. The van der Waals surface area contributed by atoms with Gasteiger partial charge in [0, 0.05) is 24.3 Å². The van der Waals surface area contributed by atoms with Crippen molar-refractivity contribution in [3.63, 3.8) is 0 Å². The monoisotopic (exact) mass is 306 g/mol. The number of amides is 1. The Bertz CT molecular complexity index is 349. The molecule has 1 amide bonds. The predicted octanol–water partition coefficient (Wildman–Crippen LogP) is 1.88. The second kappa shape index (κ2) is 7.60. The average Bonchev–Trinajstić information content (AvgIpc) is 2.29. The summed E-state index contributed by atoms with van der Waals surface area (Å²) in [6.07, 6.45) is 2.97. The van der Waals surface area contributed by atoms with Gasteiger partial charge in [0.2, 0.25) is 0 Å². The van der Waals surface area contributed by atoms with E-state index in [0.29, 0.717) is 30.3 Å². The van der Waals surface area contributed by atoms with Gasteiger partial charge in [-0.05, 0) is 6.07 Å². The lowest BCUT2D eigenvalue weighted by atomic mass is 10.2. The summed E-state index contributed by atoms with van der Waals surface area (Å²) in [7, 11) is 0. The Morgan fingerprint density at radius 2 is 2.38 bits per heavy atom. The number of hydrogen-bond acceptors (Lipinski definition) is 3. The van der Waals surface area contributed by atoms with Crippen molar-refractivity contribution in [1.82, 2.24) is 10.3 Å². The van der Waals surface area contributed by atoms with Crippen molar-refractivity contribution in [3.8, 4) is 0 Å². The highest BCUT2D eigenvalue weighted by atomic mass is 79.9. The molecule has 0 fully saturated rings. The van der Waals surface area contributed by atoms with E-state index < -0.39 is 0 Å². The molecular weight excluding hydrogens is 295 g/mol. The smallest absolute Gasteiger partial charge is 0.252 e. The van der Waals surface area contributed by atoms with Gasteiger partial charge in [0.25, 0.3) is 5.91 Å². The van der Waals surface area contributed by atoms with Crippen molar-refractivity contribution in [1.29, 1.82) is 0 Å². The van der Waals surface area contributed by atoms with E-state index in [9.17, 15) is 4.79 Å². The summed E-state index contributed by atoms with van der Waals surface area (Å²) in [6.45, 7) is 1.58. The van der Waals surface area contributed by atoms with Gasteiger partial charge in [-0.3, -0.25) is 9.78 Å². The lowest BCUT2D eigenvalue weighted by Crippen LogP contribution is -2.27. The molecule has 1 aromatic rings. The van der Waals surface area contributed by atoms with Crippen LogP contribution < -0.4 is 5.32 Å². The van der Waals surface area contributed by atoms with E-state index in [0.717, 1.165) is 5.33 Å². The molecule has 0 saturated heterocycles. The highest BCUT2D eigenvalue weighted by Gasteiger charge is 2.08. The minimum absolute atomic E-state index is 0.213. The van der Waals surface area contributed by atoms with Crippen molar-refractivity contribution in [2.45, 2.75) is 0 Å². The molecule has 6 heteroatoms. The summed E-state index contributed by atoms with van der Waals surface area (Å²) >= 11 is 9.06. The highest BCUT2D eigenvalue weighted by molar-refractivity contribution is 9.09. The second-order valence-electron chi connectivity index (χ2n) is 2.91. The third-order valence-corrected chi connectivity index (χ3v) is 2.40. The van der Waals surface area contributed by atoms with E-state index >= 15 is 0 Å². The van der Waals surface area contributed by atoms with Crippen molar-refractivity contribution >= 4 is 33.4 Å². The quantitative estimate of drug-likeness (QED) is 0.645. The zero-order chi connectivity index (χ0) is 11.8. The Balaban J connectivity index is 2.33. The van der Waals surface area contributed by atoms with Gasteiger partial charge in [0.15, 0.2) is 0 Å². The van der Waals surface area contributed by atoms with Crippen molar-refractivity contribution < 1.29 is 9.53 Å². The summed E-state index contributed by atoms with van der Waals surface area (Å²) in [6, 6.07) is 1.58. The van der Waals surface area contributed by atoms with Crippen LogP contribution in [0.4, 0.5) is 0 Å². The number of rotatable bonds is 6. The Labute approximate surface area is 107 Å². The molecule has 0 atom stereocenters. The SMILES string of the molecule is O=C(NCCOCCBr)c1ccncc1Cl. The summed E-state index contributed by atoms with van der Waals surface area (Å²) in [5, 5.41) is 3.84. The Morgan fingerprint density at radius 1 is 1.56 bits per heavy atom. The van der Waals surface area contributed by atoms with Gasteiger partial charge in [-0.1, -0.05) is 27.5 Å². The van der Waals surface area contributed by atoms with Crippen LogP contribution >= 0.6 is 27.5 Å². The lowest BCUT2D eigenvalue weighted by Gasteiger charge is -2.06. The molecule has 0 radical (unpaired) electrons. The molecule has 4 nitrogen and oxygen atoms in total. The van der Waals surface area contributed by atoms with E-state index in [1.54, 1.807) is 6.07 Å². The molecule has 1 aromatic heterocycles. The number of hydrogen-bond donors (Lipinski definition) is 1. The highest BCUT2D eigenvalue weighted by Crippen LogP contribution is 2.12. The van der Waals surface area contributed by atoms with Crippen LogP contribution in [-0.2, 0) is 4.74 Å². The molecule has 0 bridgehead atoms. The summed E-state index contributed by atoms with van der Waals surface area (Å²) in [4.78, 5) is 15.4. The van der Waals surface area contributed by atoms with Crippen LogP contribution in [0.2, 0.25) is 5.02 Å². The summed E-state index contributed by atoms with van der Waals surface area (Å²) < 4.78 is 5.19. The average molecular weight is 308 g/mol. The zero-order valence-electron chi connectivity index (χ0n) is 8.58. The number of carbonyl (C=O) groups is 1. The molecule has 1 heterocycles. The number of nitrogens with zero attached hydrogens (tertiary/aromatic N) is 1. The fraction of sp³-hybridized carbons (Fsp3) is 0.400. The van der Waals surface area contributed by atoms with Gasteiger partial charge in [0.1, 0.15) is 0 Å². The normalized spacial score (nSPS) is 10.1. The molecule has 0 spiro atoms. The third kappa shape index (κ3) is 4.47. The van der Waals surface area contributed by atoms with E-state index in [2.05, 4.69) is 26.2 Å². The van der Waals surface area contributed by atoms with Crippen molar-refractivity contribution in [2.75, 3.05) is 25.1 Å². The molecule has 88 valence electrons. The first-order valence-electron chi connectivity index (χ1n) is 4.77. The largest absolute Gasteiger partial charge is 0.379 e. The van der Waals surface area contributed by atoms with Crippen LogP contribution in [0, 0.1) is 0 Å². The molecule has 0 aromatic carbocycles. The van der Waals surface area contributed by atoms with Crippen molar-refractivity contribution in [3.05, 3.63) is 29.0 Å². The molecule has 16 heavy (non-hydrogen) atoms. The van der Waals surface area contributed by atoms with E-state index in [4.69, 9.17) is 16.3 Å². The number of aromatic nitrogens is 1. The topological polar surface area (TPSA) is 51.2 Å². The first-order valence-corrected chi connectivity index (χ1v) is 6.27. The van der Waals surface area contributed by atoms with Crippen LogP contribution in [-0.4, -0.2) is 36.0 Å². The standard InChI is InChI=1S/C10H12BrClN2O2/c11-2-5-16-6-4-14-10(15)8-1-3-13-7-9(8)12/h1,3,7H,2,4-6H2,(H,14,15). The molecule has 1 rings (SSSR count). The third-order valence-electron chi connectivity index (χ3n) is 1.77. The van der Waals surface area contributed by atoms with Gasteiger partial charge in [-0.25, -0.2) is 0 Å². The van der Waals surface area contributed by atoms with Crippen LogP contribution in [0.15, 0.2) is 18.5 Å². The number of carbonyl (C=O) groups excluding carboxylic acids is 1. The van der Waals surface area contributed by atoms with Gasteiger partial charge in [0.05, 0.1) is 23.8 Å². The van der Waals surface area contributed by atoms with Crippen LogP contribution in [0.25, 0.3) is 0 Å². The minimum atomic E-state index is -0.213. The molecule has 0 aliphatic rings. The maximum atomic E-state index is 11.6. The first kappa shape index (κ1) is 13.4. The first-order chi connectivity index (χ1) is 7.75. The fourth-order valence-electron chi connectivity index (χ4n) is 1.05. The fourth-order valence-corrected chi connectivity index (χ4v) is 1.48. The molecule has 1 N–H and O–H groups in total. The molecule has 0 unspecified atom stereocenters. The molecule has 0 aliphatic carbocycles. The Kier molecular flexibility index (Phi) is 6.37. The van der Waals surface area contributed by atoms with E-state index in [1.807, 2.05) is 0 Å². The Hall–Kier alpha value is -0.650. The number of halogens is 2.